The number of hydrogen-bond acceptors (Lipinski definition) is 5. The van der Waals surface area contributed by atoms with Crippen LogP contribution >= 0.6 is 19.2 Å². The van der Waals surface area contributed by atoms with E-state index >= 15 is 0 Å². The Kier molecular flexibility index (Phi) is 7.84. The van der Waals surface area contributed by atoms with E-state index in [9.17, 15) is 4.57 Å². The monoisotopic (exact) mass is 366 g/mol. The molecule has 0 bridgehead atoms. The number of hydrogen-bond donors (Lipinski definition) is 0. The lowest BCUT2D eigenvalue weighted by Crippen LogP contribution is -2.41. The van der Waals surface area contributed by atoms with Crippen molar-refractivity contribution in [1.29, 1.82) is 0 Å². The molecule has 1 aliphatic rings. The Labute approximate surface area is 145 Å². The molecule has 0 amide bonds. The van der Waals surface area contributed by atoms with Crippen molar-refractivity contribution in [2.45, 2.75) is 65.6 Å². The summed E-state index contributed by atoms with van der Waals surface area (Å²) in [7, 11) is -4.21. The molecule has 0 unspecified atom stereocenters. The van der Waals surface area contributed by atoms with Gasteiger partial charge in [-0.05, 0) is 54.4 Å². The lowest BCUT2D eigenvalue weighted by atomic mass is 9.88. The van der Waals surface area contributed by atoms with E-state index < -0.39 is 25.9 Å². The second kappa shape index (κ2) is 8.51. The first kappa shape index (κ1) is 21.2. The third kappa shape index (κ3) is 5.07. The predicted molar refractivity (Wildman–Crippen MR) is 95.0 cm³/mol. The van der Waals surface area contributed by atoms with E-state index in [0.717, 1.165) is 6.42 Å². The van der Waals surface area contributed by atoms with Crippen molar-refractivity contribution in [1.82, 2.24) is 0 Å². The maximum Gasteiger partial charge on any atom is 0.502 e. The van der Waals surface area contributed by atoms with Crippen molar-refractivity contribution in [2.24, 2.45) is 0 Å². The summed E-state index contributed by atoms with van der Waals surface area (Å²) >= 11 is 5.75. The summed E-state index contributed by atoms with van der Waals surface area (Å²) in [5.41, 5.74) is -1.04. The van der Waals surface area contributed by atoms with Crippen LogP contribution in [0.3, 0.4) is 0 Å². The van der Waals surface area contributed by atoms with Crippen molar-refractivity contribution in [2.75, 3.05) is 19.1 Å². The standard InChI is InChI=1S/C15H29BClO5P/c1-7-19-23(18,20-8-2)13(11-9-10-12-17)16-21-14(3,4)15(5,6)22-16/h11H,7-10,12H2,1-6H3/b13-11-. The minimum absolute atomic E-state index is 0.281. The molecular formula is C15H29BClO5P. The Morgan fingerprint density at radius 2 is 1.61 bits per heavy atom. The van der Waals surface area contributed by atoms with Gasteiger partial charge in [0.15, 0.2) is 0 Å². The summed E-state index contributed by atoms with van der Waals surface area (Å²) in [6.07, 6.45) is 3.26. The van der Waals surface area contributed by atoms with Crippen LogP contribution in [0.2, 0.25) is 0 Å². The minimum atomic E-state index is -3.46. The molecule has 0 spiro atoms. The van der Waals surface area contributed by atoms with Crippen LogP contribution in [0.4, 0.5) is 0 Å². The van der Waals surface area contributed by atoms with Crippen LogP contribution < -0.4 is 0 Å². The number of alkyl halides is 1. The number of halogens is 1. The molecule has 0 aromatic carbocycles. The molecule has 0 saturated carbocycles. The van der Waals surface area contributed by atoms with Gasteiger partial charge in [-0.15, -0.1) is 11.6 Å². The molecule has 23 heavy (non-hydrogen) atoms. The van der Waals surface area contributed by atoms with Crippen molar-refractivity contribution in [3.63, 3.8) is 0 Å². The quantitative estimate of drug-likeness (QED) is 0.254. The van der Waals surface area contributed by atoms with Gasteiger partial charge in [0.05, 0.1) is 29.6 Å². The highest BCUT2D eigenvalue weighted by atomic mass is 35.5. The average Bonchev–Trinajstić information content (AvgIpc) is 2.63. The largest absolute Gasteiger partial charge is 0.502 e. The van der Waals surface area contributed by atoms with Gasteiger partial charge in [-0.1, -0.05) is 6.08 Å². The maximum atomic E-state index is 13.2. The van der Waals surface area contributed by atoms with Crippen LogP contribution in [0, 0.1) is 0 Å². The summed E-state index contributed by atoms with van der Waals surface area (Å²) < 4.78 is 36.3. The Morgan fingerprint density at radius 3 is 2.00 bits per heavy atom. The highest BCUT2D eigenvalue weighted by Crippen LogP contribution is 2.59. The minimum Gasteiger partial charge on any atom is -0.399 e. The Hall–Kier alpha value is 0.165. The Balaban J connectivity index is 3.16. The molecule has 1 aliphatic heterocycles. The van der Waals surface area contributed by atoms with Crippen molar-refractivity contribution < 1.29 is 22.9 Å². The molecule has 1 fully saturated rings. The molecule has 8 heteroatoms. The maximum absolute atomic E-state index is 13.2. The topological polar surface area (TPSA) is 54.0 Å². The van der Waals surface area contributed by atoms with Gasteiger partial charge in [0, 0.05) is 5.88 Å². The van der Waals surface area contributed by atoms with E-state index in [1.807, 2.05) is 33.8 Å². The summed E-state index contributed by atoms with van der Waals surface area (Å²) in [5.74, 6) is 0.528. The summed E-state index contributed by atoms with van der Waals surface area (Å²) in [6, 6.07) is 0. The fraction of sp³-hybridized carbons (Fsp3) is 0.867. The van der Waals surface area contributed by atoms with Crippen LogP contribution in [0.15, 0.2) is 11.3 Å². The Morgan fingerprint density at radius 1 is 1.13 bits per heavy atom. The van der Waals surface area contributed by atoms with Crippen LogP contribution in [0.5, 0.6) is 0 Å². The van der Waals surface area contributed by atoms with E-state index in [-0.39, 0.29) is 13.2 Å². The van der Waals surface area contributed by atoms with Gasteiger partial charge in [0.25, 0.3) is 0 Å². The first-order valence-electron chi connectivity index (χ1n) is 8.15. The van der Waals surface area contributed by atoms with Crippen molar-refractivity contribution >= 4 is 26.3 Å². The highest BCUT2D eigenvalue weighted by molar-refractivity contribution is 7.61. The summed E-state index contributed by atoms with van der Waals surface area (Å²) in [5, 5.41) is 0.435. The third-order valence-electron chi connectivity index (χ3n) is 4.10. The molecule has 1 saturated heterocycles. The molecule has 0 radical (unpaired) electrons. The second-order valence-corrected chi connectivity index (χ2v) is 8.79. The van der Waals surface area contributed by atoms with Crippen molar-refractivity contribution in [3.05, 3.63) is 11.3 Å². The number of rotatable bonds is 9. The predicted octanol–water partition coefficient (Wildman–Crippen LogP) is 4.79. The Bertz CT molecular complexity index is 441. The zero-order valence-electron chi connectivity index (χ0n) is 15.1. The SMILES string of the molecule is CCOP(=O)(OCC)/C(=C\CCCCl)B1OC(C)(C)C(C)(C)O1. The van der Waals surface area contributed by atoms with Gasteiger partial charge in [-0.3, -0.25) is 4.57 Å². The zero-order chi connectivity index (χ0) is 17.7. The molecule has 0 N–H and O–H groups in total. The summed E-state index contributed by atoms with van der Waals surface area (Å²) in [4.78, 5) is 0. The fourth-order valence-corrected chi connectivity index (χ4v) is 4.08. The molecule has 1 rings (SSSR count). The van der Waals surface area contributed by atoms with Gasteiger partial charge in [-0.2, -0.15) is 0 Å². The van der Waals surface area contributed by atoms with Gasteiger partial charge in [-0.25, -0.2) is 0 Å². The molecular weight excluding hydrogens is 337 g/mol. The molecule has 1 heterocycles. The van der Waals surface area contributed by atoms with Crippen LogP contribution in [0.25, 0.3) is 0 Å². The molecule has 134 valence electrons. The van der Waals surface area contributed by atoms with E-state index in [1.165, 1.54) is 0 Å². The summed E-state index contributed by atoms with van der Waals surface area (Å²) in [6.45, 7) is 11.9. The van der Waals surface area contributed by atoms with Crippen LogP contribution in [-0.2, 0) is 22.9 Å². The lowest BCUT2D eigenvalue weighted by Gasteiger charge is -2.32. The third-order valence-corrected chi connectivity index (χ3v) is 6.59. The van der Waals surface area contributed by atoms with Crippen LogP contribution in [-0.4, -0.2) is 37.4 Å². The van der Waals surface area contributed by atoms with Gasteiger partial charge < -0.3 is 18.4 Å². The van der Waals surface area contributed by atoms with Crippen molar-refractivity contribution in [3.8, 4) is 0 Å². The van der Waals surface area contributed by atoms with Gasteiger partial charge >= 0.3 is 14.7 Å². The highest BCUT2D eigenvalue weighted by Gasteiger charge is 2.56. The first-order chi connectivity index (χ1) is 10.6. The zero-order valence-corrected chi connectivity index (χ0v) is 16.7. The number of unbranched alkanes of at least 4 members (excludes halogenated alkanes) is 1. The van der Waals surface area contributed by atoms with E-state index in [4.69, 9.17) is 30.0 Å². The molecule has 5 nitrogen and oxygen atoms in total. The van der Waals surface area contributed by atoms with E-state index in [1.54, 1.807) is 13.8 Å². The number of allylic oxidation sites excluding steroid dienone is 1. The molecule has 0 aliphatic carbocycles. The molecule has 0 aromatic heterocycles. The first-order valence-corrected chi connectivity index (χ1v) is 10.2. The van der Waals surface area contributed by atoms with Crippen LogP contribution in [0.1, 0.15) is 54.4 Å². The second-order valence-electron chi connectivity index (χ2n) is 6.38. The fourth-order valence-electron chi connectivity index (χ4n) is 2.15. The van der Waals surface area contributed by atoms with E-state index in [0.29, 0.717) is 17.5 Å². The lowest BCUT2D eigenvalue weighted by molar-refractivity contribution is 0.00578. The normalized spacial score (nSPS) is 21.0. The van der Waals surface area contributed by atoms with E-state index in [2.05, 4.69) is 0 Å². The van der Waals surface area contributed by atoms with Gasteiger partial charge in [0.2, 0.25) is 0 Å². The van der Waals surface area contributed by atoms with Gasteiger partial charge in [0.1, 0.15) is 0 Å². The molecule has 0 atom stereocenters. The average molecular weight is 367 g/mol. The smallest absolute Gasteiger partial charge is 0.399 e. The molecule has 0 aromatic rings.